The third-order valence-electron chi connectivity index (χ3n) is 2.26. The summed E-state index contributed by atoms with van der Waals surface area (Å²) >= 11 is 5.95. The molecule has 0 N–H and O–H groups in total. The van der Waals surface area contributed by atoms with Gasteiger partial charge >= 0.3 is 0 Å². The van der Waals surface area contributed by atoms with E-state index >= 15 is 0 Å². The molecular formula is C11H7ClN4. The zero-order valence-corrected chi connectivity index (χ0v) is 8.96. The van der Waals surface area contributed by atoms with Crippen molar-refractivity contribution in [3.05, 3.63) is 48.0 Å². The van der Waals surface area contributed by atoms with Crippen LogP contribution in [0.25, 0.3) is 17.2 Å². The number of imidazole rings is 1. The zero-order chi connectivity index (χ0) is 11.0. The molecule has 3 aromatic rings. The molecule has 5 heteroatoms. The SMILES string of the molecule is Clc1ccc2ncc(-c3ncccn3)n2c1. The van der Waals surface area contributed by atoms with Gasteiger partial charge in [0, 0.05) is 18.6 Å². The first kappa shape index (κ1) is 9.30. The summed E-state index contributed by atoms with van der Waals surface area (Å²) in [6.07, 6.45) is 6.94. The van der Waals surface area contributed by atoms with Crippen LogP contribution in [0, 0.1) is 0 Å². The summed E-state index contributed by atoms with van der Waals surface area (Å²) in [5.41, 5.74) is 1.66. The molecule has 3 rings (SSSR count). The van der Waals surface area contributed by atoms with Crippen LogP contribution in [0.4, 0.5) is 0 Å². The molecule has 0 amide bonds. The second-order valence-corrected chi connectivity index (χ2v) is 3.73. The molecule has 0 spiro atoms. The Morgan fingerprint density at radius 3 is 2.69 bits per heavy atom. The van der Waals surface area contributed by atoms with E-state index in [1.165, 1.54) is 0 Å². The Bertz CT molecular complexity index is 633. The Morgan fingerprint density at radius 2 is 1.88 bits per heavy atom. The zero-order valence-electron chi connectivity index (χ0n) is 8.21. The molecule has 3 aromatic heterocycles. The fourth-order valence-electron chi connectivity index (χ4n) is 1.55. The van der Waals surface area contributed by atoms with E-state index < -0.39 is 0 Å². The van der Waals surface area contributed by atoms with Crippen LogP contribution in [0.1, 0.15) is 0 Å². The predicted molar refractivity (Wildman–Crippen MR) is 61.2 cm³/mol. The minimum Gasteiger partial charge on any atom is -0.295 e. The van der Waals surface area contributed by atoms with Crippen LogP contribution >= 0.6 is 11.6 Å². The summed E-state index contributed by atoms with van der Waals surface area (Å²) in [7, 11) is 0. The molecule has 0 aromatic carbocycles. The van der Waals surface area contributed by atoms with Gasteiger partial charge in [-0.15, -0.1) is 0 Å². The Morgan fingerprint density at radius 1 is 1.06 bits per heavy atom. The first-order chi connectivity index (χ1) is 7.84. The second kappa shape index (κ2) is 3.57. The van der Waals surface area contributed by atoms with E-state index in [9.17, 15) is 0 Å². The average molecular weight is 231 g/mol. The molecule has 3 heterocycles. The molecule has 0 saturated heterocycles. The normalized spacial score (nSPS) is 10.8. The van der Waals surface area contributed by atoms with Crippen molar-refractivity contribution in [1.29, 1.82) is 0 Å². The van der Waals surface area contributed by atoms with Crippen molar-refractivity contribution < 1.29 is 0 Å². The number of rotatable bonds is 1. The highest BCUT2D eigenvalue weighted by Crippen LogP contribution is 2.18. The van der Waals surface area contributed by atoms with Gasteiger partial charge in [-0.1, -0.05) is 11.6 Å². The van der Waals surface area contributed by atoms with E-state index in [0.29, 0.717) is 10.8 Å². The average Bonchev–Trinajstić information content (AvgIpc) is 2.73. The first-order valence-corrected chi connectivity index (χ1v) is 5.12. The van der Waals surface area contributed by atoms with Gasteiger partial charge in [-0.25, -0.2) is 15.0 Å². The van der Waals surface area contributed by atoms with Gasteiger partial charge in [0.1, 0.15) is 11.3 Å². The van der Waals surface area contributed by atoms with E-state index in [1.54, 1.807) is 36.9 Å². The van der Waals surface area contributed by atoms with Gasteiger partial charge in [0.2, 0.25) is 0 Å². The maximum absolute atomic E-state index is 5.95. The highest BCUT2D eigenvalue weighted by Gasteiger charge is 2.07. The third-order valence-corrected chi connectivity index (χ3v) is 2.49. The smallest absolute Gasteiger partial charge is 0.178 e. The van der Waals surface area contributed by atoms with Gasteiger partial charge in [-0.2, -0.15) is 0 Å². The molecule has 4 nitrogen and oxygen atoms in total. The van der Waals surface area contributed by atoms with Crippen LogP contribution in [0.2, 0.25) is 5.02 Å². The Balaban J connectivity index is 2.29. The number of hydrogen-bond donors (Lipinski definition) is 0. The molecule has 0 bridgehead atoms. The standard InChI is InChI=1S/C11H7ClN4/c12-8-2-3-10-15-6-9(16(10)7-8)11-13-4-1-5-14-11/h1-7H. The van der Waals surface area contributed by atoms with Crippen LogP contribution in [-0.2, 0) is 0 Å². The van der Waals surface area contributed by atoms with Crippen LogP contribution in [-0.4, -0.2) is 19.4 Å². The van der Waals surface area contributed by atoms with Gasteiger partial charge in [-0.3, -0.25) is 4.40 Å². The van der Waals surface area contributed by atoms with Gasteiger partial charge in [0.25, 0.3) is 0 Å². The van der Waals surface area contributed by atoms with Gasteiger partial charge in [0.05, 0.1) is 11.2 Å². The first-order valence-electron chi connectivity index (χ1n) is 4.74. The highest BCUT2D eigenvalue weighted by atomic mass is 35.5. The highest BCUT2D eigenvalue weighted by molar-refractivity contribution is 6.30. The van der Waals surface area contributed by atoms with E-state index in [2.05, 4.69) is 15.0 Å². The largest absolute Gasteiger partial charge is 0.295 e. The second-order valence-electron chi connectivity index (χ2n) is 3.29. The summed E-state index contributed by atoms with van der Waals surface area (Å²) in [5.74, 6) is 0.636. The van der Waals surface area contributed by atoms with Crippen LogP contribution in [0.5, 0.6) is 0 Å². The molecule has 16 heavy (non-hydrogen) atoms. The van der Waals surface area contributed by atoms with Crippen molar-refractivity contribution in [1.82, 2.24) is 19.4 Å². The van der Waals surface area contributed by atoms with Crippen LogP contribution in [0.3, 0.4) is 0 Å². The molecule has 0 aliphatic rings. The number of fused-ring (bicyclic) bond motifs is 1. The topological polar surface area (TPSA) is 43.1 Å². The van der Waals surface area contributed by atoms with Crippen molar-refractivity contribution in [2.75, 3.05) is 0 Å². The molecule has 0 fully saturated rings. The number of aromatic nitrogens is 4. The number of nitrogens with zero attached hydrogens (tertiary/aromatic N) is 4. The molecule has 0 aliphatic heterocycles. The van der Waals surface area contributed by atoms with Crippen LogP contribution in [0.15, 0.2) is 43.0 Å². The summed E-state index contributed by atoms with van der Waals surface area (Å²) in [6.45, 7) is 0. The molecule has 78 valence electrons. The van der Waals surface area contributed by atoms with E-state index in [1.807, 2.05) is 10.5 Å². The minimum atomic E-state index is 0.636. The molecule has 0 aliphatic carbocycles. The van der Waals surface area contributed by atoms with Crippen molar-refractivity contribution >= 4 is 17.2 Å². The van der Waals surface area contributed by atoms with Crippen molar-refractivity contribution in [3.63, 3.8) is 0 Å². The van der Waals surface area contributed by atoms with Gasteiger partial charge in [0.15, 0.2) is 5.82 Å². The molecule has 0 unspecified atom stereocenters. The Labute approximate surface area is 96.6 Å². The monoisotopic (exact) mass is 230 g/mol. The number of hydrogen-bond acceptors (Lipinski definition) is 3. The van der Waals surface area contributed by atoms with Crippen LogP contribution < -0.4 is 0 Å². The maximum Gasteiger partial charge on any atom is 0.178 e. The molecule has 0 radical (unpaired) electrons. The molecule has 0 atom stereocenters. The van der Waals surface area contributed by atoms with E-state index in [0.717, 1.165) is 11.3 Å². The quantitative estimate of drug-likeness (QED) is 0.645. The molecular weight excluding hydrogens is 224 g/mol. The third kappa shape index (κ3) is 1.44. The van der Waals surface area contributed by atoms with Gasteiger partial charge < -0.3 is 0 Å². The Hall–Kier alpha value is -1.94. The Kier molecular flexibility index (Phi) is 2.08. The number of halogens is 1. The summed E-state index contributed by atoms with van der Waals surface area (Å²) < 4.78 is 1.87. The van der Waals surface area contributed by atoms with Crippen molar-refractivity contribution in [3.8, 4) is 11.5 Å². The van der Waals surface area contributed by atoms with E-state index in [4.69, 9.17) is 11.6 Å². The fraction of sp³-hybridized carbons (Fsp3) is 0. The van der Waals surface area contributed by atoms with Crippen molar-refractivity contribution in [2.24, 2.45) is 0 Å². The van der Waals surface area contributed by atoms with Gasteiger partial charge in [-0.05, 0) is 18.2 Å². The lowest BCUT2D eigenvalue weighted by Crippen LogP contribution is -1.92. The summed E-state index contributed by atoms with van der Waals surface area (Å²) in [4.78, 5) is 12.6. The lowest BCUT2D eigenvalue weighted by Gasteiger charge is -1.99. The predicted octanol–water partition coefficient (Wildman–Crippen LogP) is 2.44. The summed E-state index contributed by atoms with van der Waals surface area (Å²) in [5, 5.41) is 0.655. The van der Waals surface area contributed by atoms with Crippen molar-refractivity contribution in [2.45, 2.75) is 0 Å². The molecule has 0 saturated carbocycles. The number of pyridine rings is 1. The minimum absolute atomic E-state index is 0.636. The summed E-state index contributed by atoms with van der Waals surface area (Å²) in [6, 6.07) is 5.44. The maximum atomic E-state index is 5.95. The fourth-order valence-corrected chi connectivity index (χ4v) is 1.71. The van der Waals surface area contributed by atoms with E-state index in [-0.39, 0.29) is 0 Å². The lowest BCUT2D eigenvalue weighted by molar-refractivity contribution is 1.11. The lowest BCUT2D eigenvalue weighted by atomic mass is 10.4.